The van der Waals surface area contributed by atoms with Gasteiger partial charge in [0.15, 0.2) is 0 Å². The zero-order chi connectivity index (χ0) is 10.7. The van der Waals surface area contributed by atoms with Gasteiger partial charge >= 0.3 is 0 Å². The monoisotopic (exact) mass is 212 g/mol. The second-order valence-corrected chi connectivity index (χ2v) is 5.34. The zero-order valence-corrected chi connectivity index (χ0v) is 9.87. The van der Waals surface area contributed by atoms with Crippen LogP contribution < -0.4 is 0 Å². The van der Waals surface area contributed by atoms with Crippen molar-refractivity contribution in [1.82, 2.24) is 0 Å². The maximum absolute atomic E-state index is 10.6. The van der Waals surface area contributed by atoms with Gasteiger partial charge < -0.3 is 9.84 Å². The van der Waals surface area contributed by atoms with Crippen molar-refractivity contribution in [2.24, 2.45) is 11.8 Å². The number of hydrogen-bond acceptors (Lipinski definition) is 2. The summed E-state index contributed by atoms with van der Waals surface area (Å²) >= 11 is 0. The van der Waals surface area contributed by atoms with E-state index >= 15 is 0 Å². The van der Waals surface area contributed by atoms with Crippen LogP contribution in [0.1, 0.15) is 51.9 Å². The molecule has 0 atom stereocenters. The Kier molecular flexibility index (Phi) is 3.68. The first-order valence-corrected chi connectivity index (χ1v) is 6.55. The van der Waals surface area contributed by atoms with Gasteiger partial charge in [0, 0.05) is 13.2 Å². The Morgan fingerprint density at radius 2 is 1.73 bits per heavy atom. The fraction of sp³-hybridized carbons (Fsp3) is 1.00. The topological polar surface area (TPSA) is 29.5 Å². The van der Waals surface area contributed by atoms with Gasteiger partial charge in [-0.1, -0.05) is 26.2 Å². The van der Waals surface area contributed by atoms with Crippen LogP contribution in [0.4, 0.5) is 0 Å². The summed E-state index contributed by atoms with van der Waals surface area (Å²) in [4.78, 5) is 0. The van der Waals surface area contributed by atoms with Crippen LogP contribution in [0.3, 0.4) is 0 Å². The Morgan fingerprint density at radius 1 is 1.13 bits per heavy atom. The second-order valence-electron chi connectivity index (χ2n) is 5.34. The van der Waals surface area contributed by atoms with Crippen LogP contribution in [0.25, 0.3) is 0 Å². The Hall–Kier alpha value is -0.0800. The van der Waals surface area contributed by atoms with Gasteiger partial charge in [-0.25, -0.2) is 0 Å². The van der Waals surface area contributed by atoms with E-state index in [1.54, 1.807) is 0 Å². The Labute approximate surface area is 93.0 Å². The first-order valence-electron chi connectivity index (χ1n) is 6.55. The van der Waals surface area contributed by atoms with E-state index in [9.17, 15) is 5.11 Å². The van der Waals surface area contributed by atoms with Crippen molar-refractivity contribution in [3.8, 4) is 0 Å². The van der Waals surface area contributed by atoms with E-state index in [2.05, 4.69) is 6.92 Å². The molecule has 1 saturated carbocycles. The van der Waals surface area contributed by atoms with Crippen LogP contribution in [0, 0.1) is 11.8 Å². The molecule has 0 radical (unpaired) electrons. The first kappa shape index (κ1) is 11.4. The van der Waals surface area contributed by atoms with Gasteiger partial charge in [0.05, 0.1) is 5.60 Å². The molecule has 2 rings (SSSR count). The van der Waals surface area contributed by atoms with Crippen molar-refractivity contribution in [2.75, 3.05) is 13.2 Å². The van der Waals surface area contributed by atoms with Gasteiger partial charge in [-0.15, -0.1) is 0 Å². The largest absolute Gasteiger partial charge is 0.389 e. The third kappa shape index (κ3) is 2.54. The summed E-state index contributed by atoms with van der Waals surface area (Å²) in [7, 11) is 0. The number of hydrogen-bond donors (Lipinski definition) is 1. The molecule has 0 bridgehead atoms. The lowest BCUT2D eigenvalue weighted by atomic mass is 9.70. The van der Waals surface area contributed by atoms with E-state index < -0.39 is 5.60 Å². The molecule has 88 valence electrons. The van der Waals surface area contributed by atoms with Gasteiger partial charge in [0.1, 0.15) is 0 Å². The third-order valence-corrected chi connectivity index (χ3v) is 4.54. The summed E-state index contributed by atoms with van der Waals surface area (Å²) in [5.41, 5.74) is -0.392. The van der Waals surface area contributed by atoms with Crippen LogP contribution in [0.5, 0.6) is 0 Å². The molecule has 0 spiro atoms. The van der Waals surface area contributed by atoms with E-state index in [0.29, 0.717) is 5.92 Å². The molecule has 2 fully saturated rings. The molecule has 1 aliphatic heterocycles. The van der Waals surface area contributed by atoms with Crippen LogP contribution in [-0.2, 0) is 4.74 Å². The molecule has 1 heterocycles. The fourth-order valence-electron chi connectivity index (χ4n) is 3.24. The van der Waals surface area contributed by atoms with Gasteiger partial charge in [-0.2, -0.15) is 0 Å². The molecule has 0 aromatic carbocycles. The van der Waals surface area contributed by atoms with Crippen molar-refractivity contribution in [2.45, 2.75) is 57.5 Å². The molecule has 1 aliphatic carbocycles. The van der Waals surface area contributed by atoms with Crippen molar-refractivity contribution >= 4 is 0 Å². The molecule has 0 amide bonds. The normalized spacial score (nSPS) is 36.4. The van der Waals surface area contributed by atoms with Crippen LogP contribution in [0.15, 0.2) is 0 Å². The zero-order valence-electron chi connectivity index (χ0n) is 9.87. The molecular weight excluding hydrogens is 188 g/mol. The SMILES string of the molecule is CCC1CCC(C2(O)CCOCC2)CC1. The van der Waals surface area contributed by atoms with Crippen molar-refractivity contribution in [3.05, 3.63) is 0 Å². The lowest BCUT2D eigenvalue weighted by molar-refractivity contribution is -0.110. The quantitative estimate of drug-likeness (QED) is 0.762. The summed E-state index contributed by atoms with van der Waals surface area (Å²) < 4.78 is 5.34. The average Bonchev–Trinajstić information content (AvgIpc) is 2.30. The molecule has 1 saturated heterocycles. The van der Waals surface area contributed by atoms with E-state index in [4.69, 9.17) is 4.74 Å². The Bertz CT molecular complexity index is 189. The van der Waals surface area contributed by atoms with E-state index in [1.165, 1.54) is 32.1 Å². The third-order valence-electron chi connectivity index (χ3n) is 4.54. The molecule has 1 N–H and O–H groups in total. The summed E-state index contributed by atoms with van der Waals surface area (Å²) in [6.45, 7) is 3.79. The second kappa shape index (κ2) is 4.84. The molecule has 0 aromatic heterocycles. The number of rotatable bonds is 2. The molecule has 0 unspecified atom stereocenters. The Balaban J connectivity index is 1.88. The predicted molar refractivity (Wildman–Crippen MR) is 60.7 cm³/mol. The lowest BCUT2D eigenvalue weighted by Crippen LogP contribution is -2.44. The van der Waals surface area contributed by atoms with Gasteiger partial charge in [0.25, 0.3) is 0 Å². The van der Waals surface area contributed by atoms with Crippen LogP contribution in [0.2, 0.25) is 0 Å². The highest BCUT2D eigenvalue weighted by molar-refractivity contribution is 4.90. The van der Waals surface area contributed by atoms with E-state index in [-0.39, 0.29) is 0 Å². The highest BCUT2D eigenvalue weighted by atomic mass is 16.5. The smallest absolute Gasteiger partial charge is 0.0719 e. The van der Waals surface area contributed by atoms with Crippen LogP contribution >= 0.6 is 0 Å². The number of aliphatic hydroxyl groups is 1. The average molecular weight is 212 g/mol. The maximum atomic E-state index is 10.6. The Morgan fingerprint density at radius 3 is 2.27 bits per heavy atom. The van der Waals surface area contributed by atoms with Gasteiger partial charge in [0.2, 0.25) is 0 Å². The minimum absolute atomic E-state index is 0.392. The minimum atomic E-state index is -0.392. The van der Waals surface area contributed by atoms with E-state index in [1.807, 2.05) is 0 Å². The van der Waals surface area contributed by atoms with Gasteiger partial charge in [-0.3, -0.25) is 0 Å². The molecule has 0 aromatic rings. The standard InChI is InChI=1S/C13H24O2/c1-2-11-3-5-12(6-4-11)13(14)7-9-15-10-8-13/h11-12,14H,2-10H2,1H3. The molecular formula is C13H24O2. The molecule has 2 heteroatoms. The maximum Gasteiger partial charge on any atom is 0.0719 e. The highest BCUT2D eigenvalue weighted by Crippen LogP contribution is 2.40. The summed E-state index contributed by atoms with van der Waals surface area (Å²) in [5.74, 6) is 1.47. The first-order chi connectivity index (χ1) is 7.24. The summed E-state index contributed by atoms with van der Waals surface area (Å²) in [5, 5.41) is 10.6. The van der Waals surface area contributed by atoms with Crippen LogP contribution in [-0.4, -0.2) is 23.9 Å². The van der Waals surface area contributed by atoms with Crippen molar-refractivity contribution in [1.29, 1.82) is 0 Å². The predicted octanol–water partition coefficient (Wildman–Crippen LogP) is 2.74. The highest BCUT2D eigenvalue weighted by Gasteiger charge is 2.39. The fourth-order valence-corrected chi connectivity index (χ4v) is 3.24. The van der Waals surface area contributed by atoms with Gasteiger partial charge in [-0.05, 0) is 37.5 Å². The molecule has 2 aliphatic rings. The summed E-state index contributed by atoms with van der Waals surface area (Å²) in [6.07, 6.45) is 8.13. The minimum Gasteiger partial charge on any atom is -0.389 e. The summed E-state index contributed by atoms with van der Waals surface area (Å²) in [6, 6.07) is 0. The lowest BCUT2D eigenvalue weighted by Gasteiger charge is -2.42. The molecule has 15 heavy (non-hydrogen) atoms. The van der Waals surface area contributed by atoms with Crippen molar-refractivity contribution in [3.63, 3.8) is 0 Å². The molecule has 2 nitrogen and oxygen atoms in total. The van der Waals surface area contributed by atoms with Crippen molar-refractivity contribution < 1.29 is 9.84 Å². The number of ether oxygens (including phenoxy) is 1. The van der Waals surface area contributed by atoms with E-state index in [0.717, 1.165) is 32.0 Å².